The molecule has 22 heavy (non-hydrogen) atoms. The largest absolute Gasteiger partial charge is 0.382 e. The molecule has 0 saturated carbocycles. The molecule has 0 aromatic rings. The van der Waals surface area contributed by atoms with E-state index in [9.17, 15) is 0 Å². The first-order valence-electron chi connectivity index (χ1n) is 8.85. The monoisotopic (exact) mass is 314 g/mol. The first kappa shape index (κ1) is 21.2. The number of hydrogen-bond acceptors (Lipinski definition) is 3. The van der Waals surface area contributed by atoms with E-state index < -0.39 is 0 Å². The molecule has 0 aliphatic heterocycles. The number of hydrogen-bond donors (Lipinski definition) is 2. The number of nitrogens with zero attached hydrogens (tertiary/aromatic N) is 2. The van der Waals surface area contributed by atoms with Gasteiger partial charge in [0.05, 0.1) is 0 Å². The molecule has 0 aromatic heterocycles. The third kappa shape index (κ3) is 10.0. The van der Waals surface area contributed by atoms with Gasteiger partial charge in [0.2, 0.25) is 0 Å². The molecule has 0 rings (SSSR count). The Morgan fingerprint density at radius 1 is 1.14 bits per heavy atom. The summed E-state index contributed by atoms with van der Waals surface area (Å²) in [5.74, 6) is 1.59. The van der Waals surface area contributed by atoms with E-state index in [0.29, 0.717) is 12.0 Å². The smallest absolute Gasteiger partial charge is 0.191 e. The van der Waals surface area contributed by atoms with Crippen molar-refractivity contribution in [2.45, 2.75) is 53.5 Å². The van der Waals surface area contributed by atoms with Gasteiger partial charge in [0.25, 0.3) is 0 Å². The molecule has 0 aromatic carbocycles. The molecule has 132 valence electrons. The van der Waals surface area contributed by atoms with Gasteiger partial charge in [-0.15, -0.1) is 0 Å². The van der Waals surface area contributed by atoms with Crippen LogP contribution in [0.4, 0.5) is 0 Å². The zero-order chi connectivity index (χ0) is 16.8. The average molecular weight is 315 g/mol. The summed E-state index contributed by atoms with van der Waals surface area (Å²) in [4.78, 5) is 6.83. The van der Waals surface area contributed by atoms with Crippen molar-refractivity contribution in [3.63, 3.8) is 0 Å². The summed E-state index contributed by atoms with van der Waals surface area (Å²) in [5.41, 5.74) is 0. The lowest BCUT2D eigenvalue weighted by Crippen LogP contribution is -2.47. The summed E-state index contributed by atoms with van der Waals surface area (Å²) in [7, 11) is 1.83. The van der Waals surface area contributed by atoms with E-state index in [4.69, 9.17) is 4.74 Å². The molecule has 5 nitrogen and oxygen atoms in total. The Labute approximate surface area is 137 Å². The normalized spacial score (nSPS) is 13.7. The first-order chi connectivity index (χ1) is 10.6. The van der Waals surface area contributed by atoms with Crippen molar-refractivity contribution in [1.29, 1.82) is 0 Å². The minimum absolute atomic E-state index is 0.553. The van der Waals surface area contributed by atoms with Crippen molar-refractivity contribution >= 4 is 5.96 Å². The lowest BCUT2D eigenvalue weighted by molar-refractivity contribution is 0.145. The van der Waals surface area contributed by atoms with Gasteiger partial charge >= 0.3 is 0 Å². The molecule has 0 radical (unpaired) electrons. The lowest BCUT2D eigenvalue weighted by Gasteiger charge is -2.31. The minimum atomic E-state index is 0.553. The predicted octanol–water partition coefficient (Wildman–Crippen LogP) is 2.33. The van der Waals surface area contributed by atoms with Crippen molar-refractivity contribution in [2.75, 3.05) is 46.4 Å². The molecule has 0 saturated heterocycles. The van der Waals surface area contributed by atoms with Crippen LogP contribution in [0, 0.1) is 5.92 Å². The van der Waals surface area contributed by atoms with Crippen molar-refractivity contribution in [3.8, 4) is 0 Å². The van der Waals surface area contributed by atoms with E-state index in [0.717, 1.165) is 51.8 Å². The Morgan fingerprint density at radius 3 is 2.32 bits per heavy atom. The van der Waals surface area contributed by atoms with Crippen molar-refractivity contribution in [2.24, 2.45) is 10.9 Å². The maximum absolute atomic E-state index is 5.34. The van der Waals surface area contributed by atoms with E-state index in [1.54, 1.807) is 0 Å². The highest BCUT2D eigenvalue weighted by Crippen LogP contribution is 2.10. The summed E-state index contributed by atoms with van der Waals surface area (Å²) < 4.78 is 5.34. The van der Waals surface area contributed by atoms with Crippen molar-refractivity contribution in [3.05, 3.63) is 0 Å². The fraction of sp³-hybridized carbons (Fsp3) is 0.941. The molecule has 1 atom stereocenters. The topological polar surface area (TPSA) is 48.9 Å². The highest BCUT2D eigenvalue weighted by Gasteiger charge is 2.17. The van der Waals surface area contributed by atoms with Gasteiger partial charge in [-0.2, -0.15) is 0 Å². The summed E-state index contributed by atoms with van der Waals surface area (Å²) in [6, 6.07) is 0.553. The molecule has 0 bridgehead atoms. The van der Waals surface area contributed by atoms with Crippen LogP contribution >= 0.6 is 0 Å². The summed E-state index contributed by atoms with van der Waals surface area (Å²) in [6.07, 6.45) is 2.20. The van der Waals surface area contributed by atoms with Crippen LogP contribution in [-0.4, -0.2) is 63.3 Å². The highest BCUT2D eigenvalue weighted by molar-refractivity contribution is 5.79. The number of ether oxygens (including phenoxy) is 1. The second-order valence-electron chi connectivity index (χ2n) is 5.93. The molecule has 5 heteroatoms. The molecule has 0 aliphatic carbocycles. The van der Waals surface area contributed by atoms with Gasteiger partial charge in [-0.25, -0.2) is 0 Å². The van der Waals surface area contributed by atoms with Crippen LogP contribution in [0.5, 0.6) is 0 Å². The van der Waals surface area contributed by atoms with Crippen molar-refractivity contribution in [1.82, 2.24) is 15.5 Å². The van der Waals surface area contributed by atoms with Gasteiger partial charge in [0.15, 0.2) is 5.96 Å². The number of guanidine groups is 1. The Balaban J connectivity index is 4.23. The number of rotatable bonds is 12. The van der Waals surface area contributed by atoms with Crippen LogP contribution < -0.4 is 10.6 Å². The molecule has 0 heterocycles. The van der Waals surface area contributed by atoms with Crippen LogP contribution in [0.1, 0.15) is 47.5 Å². The van der Waals surface area contributed by atoms with Crippen LogP contribution in [0.15, 0.2) is 4.99 Å². The third-order valence-electron chi connectivity index (χ3n) is 3.76. The van der Waals surface area contributed by atoms with Crippen LogP contribution in [0.2, 0.25) is 0 Å². The van der Waals surface area contributed by atoms with E-state index >= 15 is 0 Å². The van der Waals surface area contributed by atoms with Gasteiger partial charge in [0, 0.05) is 39.4 Å². The van der Waals surface area contributed by atoms with E-state index in [2.05, 4.69) is 48.2 Å². The Kier molecular flexibility index (Phi) is 13.3. The number of aliphatic imine (C=N–C) groups is 1. The fourth-order valence-electron chi connectivity index (χ4n) is 2.61. The Hall–Kier alpha value is -0.810. The molecular weight excluding hydrogens is 276 g/mol. The van der Waals surface area contributed by atoms with Gasteiger partial charge in [-0.3, -0.25) is 9.89 Å². The number of likely N-dealkylation sites (N-methyl/N-ethyl adjacent to an activating group) is 1. The van der Waals surface area contributed by atoms with Gasteiger partial charge in [-0.1, -0.05) is 27.7 Å². The summed E-state index contributed by atoms with van der Waals surface area (Å²) >= 11 is 0. The molecule has 0 amide bonds. The molecular formula is C17H38N4O. The highest BCUT2D eigenvalue weighted by atomic mass is 16.5. The quantitative estimate of drug-likeness (QED) is 0.330. The lowest BCUT2D eigenvalue weighted by atomic mass is 10.0. The maximum atomic E-state index is 5.34. The van der Waals surface area contributed by atoms with E-state index in [1.165, 1.54) is 6.42 Å². The maximum Gasteiger partial charge on any atom is 0.191 e. The molecule has 0 aliphatic rings. The van der Waals surface area contributed by atoms with Gasteiger partial charge in [0.1, 0.15) is 0 Å². The second kappa shape index (κ2) is 13.8. The van der Waals surface area contributed by atoms with Gasteiger partial charge < -0.3 is 15.4 Å². The Morgan fingerprint density at radius 2 is 1.82 bits per heavy atom. The van der Waals surface area contributed by atoms with Crippen LogP contribution in [0.3, 0.4) is 0 Å². The zero-order valence-corrected chi connectivity index (χ0v) is 15.6. The zero-order valence-electron chi connectivity index (χ0n) is 15.6. The van der Waals surface area contributed by atoms with Gasteiger partial charge in [-0.05, 0) is 38.8 Å². The first-order valence-corrected chi connectivity index (χ1v) is 8.85. The SMILES string of the molecule is CCOCCCNC(=NC)NCC(CC(C)C)N(CC)CC. The predicted molar refractivity (Wildman–Crippen MR) is 96.6 cm³/mol. The van der Waals surface area contributed by atoms with E-state index in [1.807, 2.05) is 14.0 Å². The fourth-order valence-corrected chi connectivity index (χ4v) is 2.61. The summed E-state index contributed by atoms with van der Waals surface area (Å²) in [6.45, 7) is 16.7. The summed E-state index contributed by atoms with van der Waals surface area (Å²) in [5, 5.41) is 6.82. The van der Waals surface area contributed by atoms with Crippen LogP contribution in [0.25, 0.3) is 0 Å². The molecule has 2 N–H and O–H groups in total. The third-order valence-corrected chi connectivity index (χ3v) is 3.76. The average Bonchev–Trinajstić information content (AvgIpc) is 2.50. The Bertz CT molecular complexity index is 278. The van der Waals surface area contributed by atoms with E-state index in [-0.39, 0.29) is 0 Å². The van der Waals surface area contributed by atoms with Crippen molar-refractivity contribution < 1.29 is 4.74 Å². The number of nitrogens with one attached hydrogen (secondary N) is 2. The molecule has 0 fully saturated rings. The molecule has 1 unspecified atom stereocenters. The molecule has 0 spiro atoms. The second-order valence-corrected chi connectivity index (χ2v) is 5.93. The minimum Gasteiger partial charge on any atom is -0.382 e. The van der Waals surface area contributed by atoms with Crippen LogP contribution in [-0.2, 0) is 4.74 Å². The standard InChI is InChI=1S/C17H38N4O/c1-7-21(8-2)16(13-15(4)5)14-20-17(18-6)19-11-10-12-22-9-3/h15-16H,7-14H2,1-6H3,(H2,18,19,20).